The minimum Gasteiger partial charge on any atom is -0.306 e. The number of benzene rings is 1. The van der Waals surface area contributed by atoms with Gasteiger partial charge in [-0.15, -0.1) is 0 Å². The van der Waals surface area contributed by atoms with E-state index in [0.29, 0.717) is 18.7 Å². The minimum atomic E-state index is -1.19. The van der Waals surface area contributed by atoms with Gasteiger partial charge in [-0.3, -0.25) is 0 Å². The highest BCUT2D eigenvalue weighted by molar-refractivity contribution is 5.55. The number of piperidine rings is 1. The Morgan fingerprint density at radius 2 is 1.50 bits per heavy atom. The van der Waals surface area contributed by atoms with Crippen molar-refractivity contribution in [2.24, 2.45) is 0 Å². The molecule has 0 aliphatic carbocycles. The molecule has 0 amide bonds. The van der Waals surface area contributed by atoms with Crippen LogP contribution in [-0.4, -0.2) is 35.0 Å². The highest BCUT2D eigenvalue weighted by Crippen LogP contribution is 2.37. The fraction of sp³-hybridized carbons (Fsp3) is 0.545. The number of nitrogens with zero attached hydrogens (tertiary/aromatic N) is 3. The molecular weight excluding hydrogens is 325 g/mol. The molecule has 2 aromatic rings. The third kappa shape index (κ3) is 5.87. The summed E-state index contributed by atoms with van der Waals surface area (Å²) in [5.41, 5.74) is 0.499. The van der Waals surface area contributed by atoms with Crippen LogP contribution in [0, 0.1) is 0 Å². The molecular formula is C22H32FN3. The van der Waals surface area contributed by atoms with Crippen molar-refractivity contribution in [3.8, 4) is 11.4 Å². The Kier molecular flexibility index (Phi) is 8.17. The van der Waals surface area contributed by atoms with Gasteiger partial charge in [0.2, 0.25) is 0 Å². The standard InChI is InChI=1S/C16H18FN3.C6H14/c1-20-11-7-16(17,8-12-20)14-5-3-13(4-6-14)15-18-9-2-10-19-15;1-3-5-6-4-2/h2-6,9-10H,7-8,11-12H2,1H3;3-6H2,1-2H3. The largest absolute Gasteiger partial charge is 0.306 e. The van der Waals surface area contributed by atoms with E-state index in [-0.39, 0.29) is 0 Å². The molecule has 1 aromatic heterocycles. The smallest absolute Gasteiger partial charge is 0.159 e. The van der Waals surface area contributed by atoms with Crippen LogP contribution in [0.5, 0.6) is 0 Å². The molecule has 4 heteroatoms. The summed E-state index contributed by atoms with van der Waals surface area (Å²) in [6, 6.07) is 9.34. The van der Waals surface area contributed by atoms with Crippen LogP contribution in [0.2, 0.25) is 0 Å². The maximum atomic E-state index is 15.0. The van der Waals surface area contributed by atoms with Crippen LogP contribution >= 0.6 is 0 Å². The van der Waals surface area contributed by atoms with E-state index < -0.39 is 5.67 Å². The molecule has 2 heterocycles. The SMILES string of the molecule is CCCCCC.CN1CCC(F)(c2ccc(-c3ncccn3)cc2)CC1. The van der Waals surface area contributed by atoms with E-state index in [9.17, 15) is 4.39 Å². The lowest BCUT2D eigenvalue weighted by Crippen LogP contribution is -2.37. The van der Waals surface area contributed by atoms with Gasteiger partial charge in [0.25, 0.3) is 0 Å². The molecule has 0 spiro atoms. The number of alkyl halides is 1. The summed E-state index contributed by atoms with van der Waals surface area (Å²) in [7, 11) is 2.04. The Morgan fingerprint density at radius 1 is 0.962 bits per heavy atom. The summed E-state index contributed by atoms with van der Waals surface area (Å²) in [6.07, 6.45) is 10.1. The Bertz CT molecular complexity index is 616. The van der Waals surface area contributed by atoms with Crippen LogP contribution in [-0.2, 0) is 5.67 Å². The zero-order chi connectivity index (χ0) is 18.8. The van der Waals surface area contributed by atoms with Crippen LogP contribution < -0.4 is 0 Å². The van der Waals surface area contributed by atoms with Crippen molar-refractivity contribution in [2.45, 2.75) is 58.0 Å². The molecule has 1 aromatic carbocycles. The number of rotatable bonds is 5. The van der Waals surface area contributed by atoms with Crippen molar-refractivity contribution in [1.82, 2.24) is 14.9 Å². The zero-order valence-corrected chi connectivity index (χ0v) is 16.4. The van der Waals surface area contributed by atoms with Crippen molar-refractivity contribution in [3.05, 3.63) is 48.3 Å². The van der Waals surface area contributed by atoms with Gasteiger partial charge in [0, 0.05) is 31.0 Å². The summed E-state index contributed by atoms with van der Waals surface area (Å²) in [5.74, 6) is 0.676. The number of aromatic nitrogens is 2. The van der Waals surface area contributed by atoms with Crippen molar-refractivity contribution >= 4 is 0 Å². The van der Waals surface area contributed by atoms with E-state index in [1.54, 1.807) is 18.5 Å². The monoisotopic (exact) mass is 357 g/mol. The summed E-state index contributed by atoms with van der Waals surface area (Å²) in [4.78, 5) is 10.6. The van der Waals surface area contributed by atoms with Crippen LogP contribution in [0.4, 0.5) is 4.39 Å². The number of unbranched alkanes of at least 4 members (excludes halogenated alkanes) is 3. The predicted molar refractivity (Wildman–Crippen MR) is 107 cm³/mol. The Labute approximate surface area is 157 Å². The fourth-order valence-electron chi connectivity index (χ4n) is 3.13. The van der Waals surface area contributed by atoms with Gasteiger partial charge in [0.05, 0.1) is 0 Å². The first-order valence-electron chi connectivity index (χ1n) is 9.84. The van der Waals surface area contributed by atoms with E-state index in [1.807, 2.05) is 31.3 Å². The molecule has 0 unspecified atom stereocenters. The predicted octanol–water partition coefficient (Wildman–Crippen LogP) is 5.62. The first-order chi connectivity index (χ1) is 12.6. The molecule has 0 saturated carbocycles. The van der Waals surface area contributed by atoms with Gasteiger partial charge < -0.3 is 4.90 Å². The molecule has 3 nitrogen and oxygen atoms in total. The van der Waals surface area contributed by atoms with Crippen LogP contribution in [0.3, 0.4) is 0 Å². The average molecular weight is 358 g/mol. The fourth-order valence-corrected chi connectivity index (χ4v) is 3.13. The third-order valence-electron chi connectivity index (χ3n) is 4.96. The molecule has 0 bridgehead atoms. The average Bonchev–Trinajstić information content (AvgIpc) is 2.70. The second-order valence-electron chi connectivity index (χ2n) is 7.13. The van der Waals surface area contributed by atoms with Gasteiger partial charge >= 0.3 is 0 Å². The normalized spacial score (nSPS) is 16.6. The van der Waals surface area contributed by atoms with E-state index >= 15 is 0 Å². The highest BCUT2D eigenvalue weighted by Gasteiger charge is 2.35. The highest BCUT2D eigenvalue weighted by atomic mass is 19.1. The van der Waals surface area contributed by atoms with E-state index in [0.717, 1.165) is 24.2 Å². The van der Waals surface area contributed by atoms with Crippen molar-refractivity contribution in [3.63, 3.8) is 0 Å². The molecule has 0 N–H and O–H groups in total. The molecule has 26 heavy (non-hydrogen) atoms. The summed E-state index contributed by atoms with van der Waals surface area (Å²) >= 11 is 0. The maximum absolute atomic E-state index is 15.0. The lowest BCUT2D eigenvalue weighted by Gasteiger charge is -2.34. The van der Waals surface area contributed by atoms with Gasteiger partial charge in [-0.2, -0.15) is 0 Å². The Balaban J connectivity index is 0.000000352. The zero-order valence-electron chi connectivity index (χ0n) is 16.4. The molecule has 3 rings (SSSR count). The number of likely N-dealkylation sites (tertiary alicyclic amines) is 1. The number of hydrogen-bond donors (Lipinski definition) is 0. The van der Waals surface area contributed by atoms with Crippen molar-refractivity contribution in [1.29, 1.82) is 0 Å². The topological polar surface area (TPSA) is 29.0 Å². The molecule has 1 fully saturated rings. The molecule has 0 atom stereocenters. The molecule has 0 radical (unpaired) electrons. The van der Waals surface area contributed by atoms with E-state index in [2.05, 4.69) is 28.7 Å². The minimum absolute atomic E-state index is 0.560. The van der Waals surface area contributed by atoms with Gasteiger partial charge in [0.15, 0.2) is 5.82 Å². The molecule has 1 saturated heterocycles. The van der Waals surface area contributed by atoms with Crippen molar-refractivity contribution < 1.29 is 4.39 Å². The second kappa shape index (κ2) is 10.4. The maximum Gasteiger partial charge on any atom is 0.159 e. The number of halogens is 1. The van der Waals surface area contributed by atoms with Crippen LogP contribution in [0.25, 0.3) is 11.4 Å². The summed E-state index contributed by atoms with van der Waals surface area (Å²) < 4.78 is 15.0. The third-order valence-corrected chi connectivity index (χ3v) is 4.96. The molecule has 142 valence electrons. The first-order valence-corrected chi connectivity index (χ1v) is 9.84. The first kappa shape index (κ1) is 20.5. The Morgan fingerprint density at radius 3 is 2.00 bits per heavy atom. The van der Waals surface area contributed by atoms with E-state index in [1.165, 1.54) is 25.7 Å². The van der Waals surface area contributed by atoms with Crippen LogP contribution in [0.1, 0.15) is 57.9 Å². The van der Waals surface area contributed by atoms with E-state index in [4.69, 9.17) is 0 Å². The van der Waals surface area contributed by atoms with Gasteiger partial charge in [-0.05, 0) is 31.5 Å². The van der Waals surface area contributed by atoms with Gasteiger partial charge in [-0.25, -0.2) is 14.4 Å². The summed E-state index contributed by atoms with van der Waals surface area (Å²) in [6.45, 7) is 6.07. The molecule has 1 aliphatic rings. The lowest BCUT2D eigenvalue weighted by atomic mass is 9.86. The second-order valence-corrected chi connectivity index (χ2v) is 7.13. The number of hydrogen-bond acceptors (Lipinski definition) is 3. The van der Waals surface area contributed by atoms with Crippen LogP contribution in [0.15, 0.2) is 42.7 Å². The lowest BCUT2D eigenvalue weighted by molar-refractivity contribution is 0.0674. The summed E-state index contributed by atoms with van der Waals surface area (Å²) in [5, 5.41) is 0. The van der Waals surface area contributed by atoms with Gasteiger partial charge in [0.1, 0.15) is 5.67 Å². The molecule has 1 aliphatic heterocycles. The van der Waals surface area contributed by atoms with Crippen molar-refractivity contribution in [2.75, 3.05) is 20.1 Å². The van der Waals surface area contributed by atoms with Gasteiger partial charge in [-0.1, -0.05) is 63.8 Å². The quantitative estimate of drug-likeness (QED) is 0.650. The Hall–Kier alpha value is -1.81.